The van der Waals surface area contributed by atoms with Crippen molar-refractivity contribution in [3.63, 3.8) is 0 Å². The van der Waals surface area contributed by atoms with Crippen LogP contribution in [0.15, 0.2) is 17.0 Å². The summed E-state index contributed by atoms with van der Waals surface area (Å²) in [5.41, 5.74) is 0. The average Bonchev–Trinajstić information content (AvgIpc) is 2.61. The third-order valence-electron chi connectivity index (χ3n) is 2.36. The van der Waals surface area contributed by atoms with Gasteiger partial charge in [-0.25, -0.2) is 9.97 Å². The normalized spacial score (nSPS) is 17.6. The second-order valence-electron chi connectivity index (χ2n) is 3.35. The topological polar surface area (TPSA) is 37.8 Å². The lowest BCUT2D eigenvalue weighted by Gasteiger charge is -2.12. The Morgan fingerprint density at radius 3 is 2.85 bits per heavy atom. The summed E-state index contributed by atoms with van der Waals surface area (Å²) in [4.78, 5) is 8.09. The minimum Gasteiger partial charge on any atom is -0.366 e. The summed E-state index contributed by atoms with van der Waals surface area (Å²) < 4.78 is 0.946. The SMILES string of the molecule is Brc1cncnc1NC1CCCC1. The van der Waals surface area contributed by atoms with E-state index in [1.807, 2.05) is 0 Å². The molecule has 1 aromatic heterocycles. The predicted octanol–water partition coefficient (Wildman–Crippen LogP) is 2.59. The highest BCUT2D eigenvalue weighted by molar-refractivity contribution is 9.10. The number of nitrogens with zero attached hydrogens (tertiary/aromatic N) is 2. The minimum absolute atomic E-state index is 0.603. The van der Waals surface area contributed by atoms with E-state index in [-0.39, 0.29) is 0 Å². The van der Waals surface area contributed by atoms with Crippen molar-refractivity contribution in [1.82, 2.24) is 9.97 Å². The third-order valence-corrected chi connectivity index (χ3v) is 2.94. The van der Waals surface area contributed by atoms with Gasteiger partial charge in [0.15, 0.2) is 0 Å². The fourth-order valence-corrected chi connectivity index (χ4v) is 2.02. The van der Waals surface area contributed by atoms with Crippen LogP contribution in [0.5, 0.6) is 0 Å². The van der Waals surface area contributed by atoms with Gasteiger partial charge in [-0.1, -0.05) is 12.8 Å². The van der Waals surface area contributed by atoms with Crippen molar-refractivity contribution in [1.29, 1.82) is 0 Å². The molecular formula is C9H12BrN3. The van der Waals surface area contributed by atoms with Gasteiger partial charge in [-0.2, -0.15) is 0 Å². The Hall–Kier alpha value is -0.640. The highest BCUT2D eigenvalue weighted by Gasteiger charge is 2.15. The maximum atomic E-state index is 4.17. The fourth-order valence-electron chi connectivity index (χ4n) is 1.68. The molecular weight excluding hydrogens is 230 g/mol. The van der Waals surface area contributed by atoms with Crippen LogP contribution in [0, 0.1) is 0 Å². The van der Waals surface area contributed by atoms with Crippen molar-refractivity contribution in [3.05, 3.63) is 17.0 Å². The predicted molar refractivity (Wildman–Crippen MR) is 55.6 cm³/mol. The van der Waals surface area contributed by atoms with Gasteiger partial charge in [-0.15, -0.1) is 0 Å². The average molecular weight is 242 g/mol. The first-order valence-electron chi connectivity index (χ1n) is 4.58. The van der Waals surface area contributed by atoms with Crippen molar-refractivity contribution in [3.8, 4) is 0 Å². The Morgan fingerprint density at radius 1 is 1.38 bits per heavy atom. The highest BCUT2D eigenvalue weighted by Crippen LogP contribution is 2.24. The van der Waals surface area contributed by atoms with E-state index in [1.165, 1.54) is 25.7 Å². The Labute approximate surface area is 86.1 Å². The van der Waals surface area contributed by atoms with E-state index < -0.39 is 0 Å². The van der Waals surface area contributed by atoms with Crippen LogP contribution in [-0.2, 0) is 0 Å². The smallest absolute Gasteiger partial charge is 0.143 e. The number of hydrogen-bond acceptors (Lipinski definition) is 3. The maximum Gasteiger partial charge on any atom is 0.143 e. The van der Waals surface area contributed by atoms with Crippen molar-refractivity contribution >= 4 is 21.7 Å². The van der Waals surface area contributed by atoms with Gasteiger partial charge >= 0.3 is 0 Å². The Morgan fingerprint density at radius 2 is 2.15 bits per heavy atom. The summed E-state index contributed by atoms with van der Waals surface area (Å²) in [5.74, 6) is 0.918. The van der Waals surface area contributed by atoms with Gasteiger partial charge in [0.05, 0.1) is 4.47 Å². The van der Waals surface area contributed by atoms with E-state index in [9.17, 15) is 0 Å². The van der Waals surface area contributed by atoms with Gasteiger partial charge < -0.3 is 5.32 Å². The van der Waals surface area contributed by atoms with Crippen LogP contribution in [-0.4, -0.2) is 16.0 Å². The number of aromatic nitrogens is 2. The first kappa shape index (κ1) is 8.94. The molecule has 1 heterocycles. The molecule has 0 aromatic carbocycles. The molecule has 1 N–H and O–H groups in total. The number of nitrogens with one attached hydrogen (secondary N) is 1. The molecule has 0 bridgehead atoms. The van der Waals surface area contributed by atoms with E-state index in [1.54, 1.807) is 12.5 Å². The van der Waals surface area contributed by atoms with E-state index >= 15 is 0 Å². The lowest BCUT2D eigenvalue weighted by atomic mass is 10.2. The zero-order valence-corrected chi connectivity index (χ0v) is 8.92. The lowest BCUT2D eigenvalue weighted by Crippen LogP contribution is -2.15. The Bertz CT molecular complexity index is 284. The largest absolute Gasteiger partial charge is 0.366 e. The molecule has 4 heteroatoms. The van der Waals surface area contributed by atoms with Crippen LogP contribution >= 0.6 is 15.9 Å². The standard InChI is InChI=1S/C9H12BrN3/c10-8-5-11-6-12-9(8)13-7-3-1-2-4-7/h5-7H,1-4H2,(H,11,12,13). The van der Waals surface area contributed by atoms with Crippen LogP contribution in [0.3, 0.4) is 0 Å². The molecule has 3 nitrogen and oxygen atoms in total. The van der Waals surface area contributed by atoms with Crippen molar-refractivity contribution in [2.24, 2.45) is 0 Å². The van der Waals surface area contributed by atoms with Crippen LogP contribution in [0.25, 0.3) is 0 Å². The van der Waals surface area contributed by atoms with Gasteiger partial charge in [0, 0.05) is 12.2 Å². The quantitative estimate of drug-likeness (QED) is 0.866. The highest BCUT2D eigenvalue weighted by atomic mass is 79.9. The summed E-state index contributed by atoms with van der Waals surface area (Å²) in [6.45, 7) is 0. The molecule has 0 unspecified atom stereocenters. The maximum absolute atomic E-state index is 4.17. The monoisotopic (exact) mass is 241 g/mol. The van der Waals surface area contributed by atoms with Crippen molar-refractivity contribution in [2.45, 2.75) is 31.7 Å². The van der Waals surface area contributed by atoms with Gasteiger partial charge in [0.25, 0.3) is 0 Å². The zero-order chi connectivity index (χ0) is 9.10. The molecule has 0 radical (unpaired) electrons. The molecule has 13 heavy (non-hydrogen) atoms. The number of rotatable bonds is 2. The molecule has 0 aliphatic heterocycles. The first-order chi connectivity index (χ1) is 6.36. The molecule has 0 spiro atoms. The van der Waals surface area contributed by atoms with Crippen molar-refractivity contribution < 1.29 is 0 Å². The molecule has 70 valence electrons. The first-order valence-corrected chi connectivity index (χ1v) is 5.37. The fraction of sp³-hybridized carbons (Fsp3) is 0.556. The third kappa shape index (κ3) is 2.18. The summed E-state index contributed by atoms with van der Waals surface area (Å²) >= 11 is 3.42. The molecule has 1 aliphatic carbocycles. The van der Waals surface area contributed by atoms with Crippen molar-refractivity contribution in [2.75, 3.05) is 5.32 Å². The minimum atomic E-state index is 0.603. The zero-order valence-electron chi connectivity index (χ0n) is 7.33. The van der Waals surface area contributed by atoms with E-state index in [4.69, 9.17) is 0 Å². The van der Waals surface area contributed by atoms with E-state index in [0.29, 0.717) is 6.04 Å². The summed E-state index contributed by atoms with van der Waals surface area (Å²) in [6.07, 6.45) is 8.53. The van der Waals surface area contributed by atoms with Gasteiger partial charge in [0.1, 0.15) is 12.1 Å². The van der Waals surface area contributed by atoms with Crippen LogP contribution in [0.1, 0.15) is 25.7 Å². The molecule has 1 aliphatic rings. The number of hydrogen-bond donors (Lipinski definition) is 1. The van der Waals surface area contributed by atoms with Gasteiger partial charge in [0.2, 0.25) is 0 Å². The number of halogens is 1. The van der Waals surface area contributed by atoms with E-state index in [2.05, 4.69) is 31.2 Å². The summed E-state index contributed by atoms with van der Waals surface area (Å²) in [5, 5.41) is 3.41. The second-order valence-corrected chi connectivity index (χ2v) is 4.20. The van der Waals surface area contributed by atoms with Gasteiger partial charge in [-0.3, -0.25) is 0 Å². The van der Waals surface area contributed by atoms with Crippen LogP contribution in [0.4, 0.5) is 5.82 Å². The lowest BCUT2D eigenvalue weighted by molar-refractivity contribution is 0.748. The van der Waals surface area contributed by atoms with Crippen LogP contribution in [0.2, 0.25) is 0 Å². The molecule has 1 aromatic rings. The molecule has 0 amide bonds. The molecule has 0 atom stereocenters. The molecule has 1 fully saturated rings. The Balaban J connectivity index is 2.04. The second kappa shape index (κ2) is 4.05. The molecule has 0 saturated heterocycles. The number of anilines is 1. The van der Waals surface area contributed by atoms with Crippen LogP contribution < -0.4 is 5.32 Å². The van der Waals surface area contributed by atoms with E-state index in [0.717, 1.165) is 10.3 Å². The Kier molecular flexibility index (Phi) is 2.78. The summed E-state index contributed by atoms with van der Waals surface area (Å²) in [7, 11) is 0. The molecule has 1 saturated carbocycles. The van der Waals surface area contributed by atoms with Gasteiger partial charge in [-0.05, 0) is 28.8 Å². The molecule has 2 rings (SSSR count). The summed E-state index contributed by atoms with van der Waals surface area (Å²) in [6, 6.07) is 0.603.